The van der Waals surface area contributed by atoms with Crippen molar-refractivity contribution < 1.29 is 9.53 Å². The molecular weight excluding hydrogens is 310 g/mol. The Bertz CT molecular complexity index is 668. The number of ether oxygens (including phenoxy) is 1. The van der Waals surface area contributed by atoms with Gasteiger partial charge in [-0.15, -0.1) is 0 Å². The number of halogens is 1. The van der Waals surface area contributed by atoms with E-state index >= 15 is 0 Å². The molecule has 23 heavy (non-hydrogen) atoms. The van der Waals surface area contributed by atoms with E-state index in [1.165, 1.54) is 5.56 Å². The number of carbonyl (C=O) groups excluding carboxylic acids is 1. The molecule has 0 aromatic heterocycles. The van der Waals surface area contributed by atoms with Crippen molar-refractivity contribution in [3.05, 3.63) is 58.6 Å². The van der Waals surface area contributed by atoms with Gasteiger partial charge in [0.25, 0.3) is 5.91 Å². The van der Waals surface area contributed by atoms with Gasteiger partial charge in [-0.3, -0.25) is 4.79 Å². The monoisotopic (exact) mass is 331 g/mol. The van der Waals surface area contributed by atoms with Crippen molar-refractivity contribution in [2.75, 3.05) is 5.32 Å². The molecule has 0 heterocycles. The number of hydrogen-bond acceptors (Lipinski definition) is 2. The van der Waals surface area contributed by atoms with Crippen LogP contribution in [0.5, 0.6) is 5.75 Å². The van der Waals surface area contributed by atoms with E-state index in [1.807, 2.05) is 44.2 Å². The third-order valence-corrected chi connectivity index (χ3v) is 4.12. The molecule has 1 atom stereocenters. The van der Waals surface area contributed by atoms with Crippen LogP contribution in [0.3, 0.4) is 0 Å². The first kappa shape index (κ1) is 17.4. The molecule has 1 N–H and O–H groups in total. The summed E-state index contributed by atoms with van der Waals surface area (Å²) < 4.78 is 5.81. The topological polar surface area (TPSA) is 38.3 Å². The van der Waals surface area contributed by atoms with E-state index in [0.717, 1.165) is 17.7 Å². The van der Waals surface area contributed by atoms with Crippen LogP contribution >= 0.6 is 11.6 Å². The number of benzene rings is 2. The largest absolute Gasteiger partial charge is 0.481 e. The van der Waals surface area contributed by atoms with Gasteiger partial charge in [0.2, 0.25) is 0 Å². The molecule has 2 aromatic rings. The van der Waals surface area contributed by atoms with Crippen molar-refractivity contribution in [1.29, 1.82) is 0 Å². The molecule has 0 bridgehead atoms. The third kappa shape index (κ3) is 4.73. The molecule has 0 radical (unpaired) electrons. The van der Waals surface area contributed by atoms with Gasteiger partial charge in [-0.2, -0.15) is 0 Å². The maximum Gasteiger partial charge on any atom is 0.265 e. The first-order valence-corrected chi connectivity index (χ1v) is 8.23. The zero-order valence-electron chi connectivity index (χ0n) is 13.7. The minimum atomic E-state index is -0.540. The summed E-state index contributed by atoms with van der Waals surface area (Å²) in [6.45, 7) is 5.93. The van der Waals surface area contributed by atoms with Crippen molar-refractivity contribution >= 4 is 23.2 Å². The number of amides is 1. The molecule has 0 aliphatic rings. The van der Waals surface area contributed by atoms with E-state index in [9.17, 15) is 4.79 Å². The van der Waals surface area contributed by atoms with Gasteiger partial charge in [0.1, 0.15) is 5.75 Å². The summed E-state index contributed by atoms with van der Waals surface area (Å²) >= 11 is 6.01. The first-order chi connectivity index (χ1) is 11.0. The Morgan fingerprint density at radius 3 is 2.43 bits per heavy atom. The van der Waals surface area contributed by atoms with Crippen molar-refractivity contribution in [1.82, 2.24) is 0 Å². The van der Waals surface area contributed by atoms with Gasteiger partial charge in [0, 0.05) is 10.7 Å². The molecule has 0 saturated carbocycles. The Hall–Kier alpha value is -2.00. The first-order valence-electron chi connectivity index (χ1n) is 7.86. The normalized spacial score (nSPS) is 11.8. The van der Waals surface area contributed by atoms with Gasteiger partial charge < -0.3 is 10.1 Å². The molecule has 122 valence electrons. The lowest BCUT2D eigenvalue weighted by molar-refractivity contribution is -0.122. The Labute approximate surface area is 142 Å². The minimum absolute atomic E-state index is 0.149. The van der Waals surface area contributed by atoms with Crippen LogP contribution in [0.25, 0.3) is 0 Å². The van der Waals surface area contributed by atoms with Gasteiger partial charge >= 0.3 is 0 Å². The minimum Gasteiger partial charge on any atom is -0.481 e. The molecule has 0 spiro atoms. The molecule has 0 aliphatic carbocycles. The van der Waals surface area contributed by atoms with Gasteiger partial charge in [-0.1, -0.05) is 37.6 Å². The number of carbonyl (C=O) groups is 1. The summed E-state index contributed by atoms with van der Waals surface area (Å²) in [4.78, 5) is 12.4. The number of anilines is 1. The van der Waals surface area contributed by atoms with Crippen molar-refractivity contribution in [2.24, 2.45) is 0 Å². The Morgan fingerprint density at radius 2 is 1.87 bits per heavy atom. The maximum atomic E-state index is 12.4. The maximum absolute atomic E-state index is 12.4. The number of aryl methyl sites for hydroxylation is 2. The highest BCUT2D eigenvalue weighted by Gasteiger charge is 2.18. The summed E-state index contributed by atoms with van der Waals surface area (Å²) in [5.41, 5.74) is 2.94. The smallest absolute Gasteiger partial charge is 0.265 e. The molecule has 0 saturated heterocycles. The van der Waals surface area contributed by atoms with Crippen LogP contribution in [0, 0.1) is 6.92 Å². The summed E-state index contributed by atoms with van der Waals surface area (Å²) in [5, 5.41) is 3.59. The summed E-state index contributed by atoms with van der Waals surface area (Å²) in [6.07, 6.45) is 1.02. The fraction of sp³-hybridized carbons (Fsp3) is 0.316. The van der Waals surface area contributed by atoms with Crippen LogP contribution in [0.1, 0.15) is 31.4 Å². The SMILES string of the molecule is CCc1ccc(NC(=O)[C@@H](CC)Oc2ccc(Cl)c(C)c2)cc1. The molecular formula is C19H22ClNO2. The van der Waals surface area contributed by atoms with Gasteiger partial charge in [0.05, 0.1) is 0 Å². The standard InChI is InChI=1S/C19H22ClNO2/c1-4-14-6-8-15(9-7-14)21-19(22)18(5-2)23-16-10-11-17(20)13(3)12-16/h6-12,18H,4-5H2,1-3H3,(H,21,22)/t18-/m1/s1. The zero-order chi connectivity index (χ0) is 16.8. The fourth-order valence-corrected chi connectivity index (χ4v) is 2.34. The van der Waals surface area contributed by atoms with Crippen LogP contribution in [0.15, 0.2) is 42.5 Å². The van der Waals surface area contributed by atoms with Crippen LogP contribution < -0.4 is 10.1 Å². The van der Waals surface area contributed by atoms with Gasteiger partial charge in [-0.25, -0.2) is 0 Å². The van der Waals surface area contributed by atoms with Gasteiger partial charge in [0.15, 0.2) is 6.10 Å². The average molecular weight is 332 g/mol. The van der Waals surface area contributed by atoms with E-state index in [-0.39, 0.29) is 5.91 Å². The molecule has 0 fully saturated rings. The van der Waals surface area contributed by atoms with Crippen LogP contribution in [0.4, 0.5) is 5.69 Å². The van der Waals surface area contributed by atoms with E-state index in [4.69, 9.17) is 16.3 Å². The lowest BCUT2D eigenvalue weighted by atomic mass is 10.1. The van der Waals surface area contributed by atoms with Crippen LogP contribution in [-0.4, -0.2) is 12.0 Å². The summed E-state index contributed by atoms with van der Waals surface area (Å²) in [6, 6.07) is 13.3. The molecule has 0 unspecified atom stereocenters. The average Bonchev–Trinajstić information content (AvgIpc) is 2.56. The highest BCUT2D eigenvalue weighted by molar-refractivity contribution is 6.31. The van der Waals surface area contributed by atoms with Crippen molar-refractivity contribution in [2.45, 2.75) is 39.7 Å². The number of hydrogen-bond donors (Lipinski definition) is 1. The van der Waals surface area contributed by atoms with Crippen molar-refractivity contribution in [3.8, 4) is 5.75 Å². The highest BCUT2D eigenvalue weighted by Crippen LogP contribution is 2.22. The van der Waals surface area contributed by atoms with Crippen LogP contribution in [0.2, 0.25) is 5.02 Å². The Balaban J connectivity index is 2.03. The molecule has 4 heteroatoms. The van der Waals surface area contributed by atoms with Gasteiger partial charge in [-0.05, 0) is 61.2 Å². The van der Waals surface area contributed by atoms with E-state index in [2.05, 4.69) is 12.2 Å². The third-order valence-electron chi connectivity index (χ3n) is 3.70. The van der Waals surface area contributed by atoms with Crippen molar-refractivity contribution in [3.63, 3.8) is 0 Å². The number of rotatable bonds is 6. The van der Waals surface area contributed by atoms with E-state index < -0.39 is 6.10 Å². The second kappa shape index (κ2) is 8.02. The second-order valence-corrected chi connectivity index (χ2v) is 5.87. The Morgan fingerprint density at radius 1 is 1.17 bits per heavy atom. The number of nitrogens with one attached hydrogen (secondary N) is 1. The predicted octanol–water partition coefficient (Wildman–Crippen LogP) is 5.01. The lowest BCUT2D eigenvalue weighted by Crippen LogP contribution is -2.32. The summed E-state index contributed by atoms with van der Waals surface area (Å²) in [5.74, 6) is 0.500. The van der Waals surface area contributed by atoms with Crippen LogP contribution in [-0.2, 0) is 11.2 Å². The molecule has 0 aliphatic heterocycles. The highest BCUT2D eigenvalue weighted by atomic mass is 35.5. The Kier molecular flexibility index (Phi) is 6.05. The second-order valence-electron chi connectivity index (χ2n) is 5.47. The zero-order valence-corrected chi connectivity index (χ0v) is 14.5. The lowest BCUT2D eigenvalue weighted by Gasteiger charge is -2.18. The quantitative estimate of drug-likeness (QED) is 0.808. The molecule has 2 aromatic carbocycles. The summed E-state index contributed by atoms with van der Waals surface area (Å²) in [7, 11) is 0. The fourth-order valence-electron chi connectivity index (χ4n) is 2.22. The van der Waals surface area contributed by atoms with E-state index in [1.54, 1.807) is 12.1 Å². The predicted molar refractivity (Wildman–Crippen MR) is 95.3 cm³/mol. The molecule has 3 nitrogen and oxygen atoms in total. The molecule has 1 amide bonds. The molecule has 2 rings (SSSR count). The van der Waals surface area contributed by atoms with E-state index in [0.29, 0.717) is 17.2 Å².